The van der Waals surface area contributed by atoms with Crippen molar-refractivity contribution < 1.29 is 9.72 Å². The van der Waals surface area contributed by atoms with Crippen LogP contribution in [0.5, 0.6) is 0 Å². The molecule has 0 unspecified atom stereocenters. The summed E-state index contributed by atoms with van der Waals surface area (Å²) in [5.74, 6) is -0.0987. The van der Waals surface area contributed by atoms with Crippen molar-refractivity contribution in [2.24, 2.45) is 0 Å². The van der Waals surface area contributed by atoms with Gasteiger partial charge < -0.3 is 10.6 Å². The molecule has 1 heterocycles. The third-order valence-corrected chi connectivity index (χ3v) is 4.15. The van der Waals surface area contributed by atoms with Crippen LogP contribution in [0.15, 0.2) is 48.5 Å². The Morgan fingerprint density at radius 3 is 2.59 bits per heavy atom. The molecule has 7 nitrogen and oxygen atoms in total. The van der Waals surface area contributed by atoms with E-state index in [0.29, 0.717) is 12.1 Å². The van der Waals surface area contributed by atoms with Gasteiger partial charge in [-0.2, -0.15) is 0 Å². The summed E-state index contributed by atoms with van der Waals surface area (Å²) < 4.78 is 0. The molecule has 0 radical (unpaired) electrons. The van der Waals surface area contributed by atoms with Crippen LogP contribution in [0.2, 0.25) is 0 Å². The number of nitrogens with zero attached hydrogens (tertiary/aromatic N) is 2. The Morgan fingerprint density at radius 2 is 1.93 bits per heavy atom. The molecular formula is C20H20N4O3. The molecule has 1 aromatic heterocycles. The fourth-order valence-corrected chi connectivity index (χ4v) is 2.95. The number of rotatable bonds is 6. The number of pyridine rings is 1. The average Bonchev–Trinajstić information content (AvgIpc) is 2.62. The number of carbonyl (C=O) groups excluding carboxylic acids is 1. The largest absolute Gasteiger partial charge is 0.384 e. The highest BCUT2D eigenvalue weighted by Crippen LogP contribution is 2.29. The molecule has 0 bridgehead atoms. The van der Waals surface area contributed by atoms with Gasteiger partial charge in [0.25, 0.3) is 5.69 Å². The topological polar surface area (TPSA) is 97.2 Å². The van der Waals surface area contributed by atoms with Crippen molar-refractivity contribution in [2.45, 2.75) is 20.3 Å². The molecule has 0 saturated heterocycles. The van der Waals surface area contributed by atoms with Crippen molar-refractivity contribution in [1.82, 2.24) is 4.98 Å². The van der Waals surface area contributed by atoms with E-state index in [2.05, 4.69) is 15.6 Å². The number of nitrogens with one attached hydrogen (secondary N) is 2. The molecule has 0 atom stereocenters. The molecule has 2 N–H and O–H groups in total. The summed E-state index contributed by atoms with van der Waals surface area (Å²) in [5, 5.41) is 18.1. The van der Waals surface area contributed by atoms with Gasteiger partial charge in [-0.25, -0.2) is 4.98 Å². The first kappa shape index (κ1) is 18.3. The lowest BCUT2D eigenvalue weighted by Gasteiger charge is -2.11. The Bertz CT molecular complexity index is 1000. The average molecular weight is 364 g/mol. The van der Waals surface area contributed by atoms with Crippen LogP contribution in [0.3, 0.4) is 0 Å². The van der Waals surface area contributed by atoms with Gasteiger partial charge in [-0.3, -0.25) is 14.9 Å². The van der Waals surface area contributed by atoms with Gasteiger partial charge in [0.15, 0.2) is 5.52 Å². The quantitative estimate of drug-likeness (QED) is 0.508. The van der Waals surface area contributed by atoms with Crippen molar-refractivity contribution in [1.29, 1.82) is 0 Å². The molecule has 0 saturated carbocycles. The third-order valence-electron chi connectivity index (χ3n) is 4.15. The Morgan fingerprint density at radius 1 is 1.19 bits per heavy atom. The molecule has 0 aliphatic carbocycles. The van der Waals surface area contributed by atoms with Gasteiger partial charge in [0.2, 0.25) is 5.91 Å². The zero-order valence-electron chi connectivity index (χ0n) is 15.2. The lowest BCUT2D eigenvalue weighted by atomic mass is 10.1. The van der Waals surface area contributed by atoms with Gasteiger partial charge in [0.1, 0.15) is 0 Å². The molecule has 3 aromatic rings. The first-order valence-corrected chi connectivity index (χ1v) is 8.59. The fourth-order valence-electron chi connectivity index (χ4n) is 2.95. The predicted molar refractivity (Wildman–Crippen MR) is 106 cm³/mol. The number of fused-ring (bicyclic) bond motifs is 1. The van der Waals surface area contributed by atoms with Gasteiger partial charge in [0, 0.05) is 42.0 Å². The second-order valence-corrected chi connectivity index (χ2v) is 6.30. The smallest absolute Gasteiger partial charge is 0.295 e. The maximum absolute atomic E-state index is 11.2. The zero-order chi connectivity index (χ0) is 19.4. The lowest BCUT2D eigenvalue weighted by Crippen LogP contribution is -2.07. The Labute approximate surface area is 156 Å². The predicted octanol–water partition coefficient (Wildman–Crippen LogP) is 4.06. The second kappa shape index (κ2) is 7.82. The fraction of sp³-hybridized carbons (Fsp3) is 0.200. The minimum Gasteiger partial charge on any atom is -0.384 e. The number of hydrogen-bond donors (Lipinski definition) is 2. The number of anilines is 2. The maximum atomic E-state index is 11.2. The number of nitro groups is 1. The minimum atomic E-state index is -0.408. The lowest BCUT2D eigenvalue weighted by molar-refractivity contribution is -0.383. The zero-order valence-corrected chi connectivity index (χ0v) is 15.2. The molecule has 7 heteroatoms. The molecule has 3 rings (SSSR count). The van der Waals surface area contributed by atoms with Crippen LogP contribution in [0.4, 0.5) is 17.1 Å². The number of para-hydroxylation sites is 1. The van der Waals surface area contributed by atoms with Crippen molar-refractivity contribution in [3.63, 3.8) is 0 Å². The molecule has 0 fully saturated rings. The van der Waals surface area contributed by atoms with Crippen LogP contribution in [0, 0.1) is 17.0 Å². The molecular weight excluding hydrogens is 344 g/mol. The SMILES string of the molecule is CC(=O)Nc1ccc(CCNc2cc(C)nc3c([N+](=O)[O-])cccc23)cc1. The molecule has 1 amide bonds. The molecule has 0 aliphatic rings. The molecule has 27 heavy (non-hydrogen) atoms. The summed E-state index contributed by atoms with van der Waals surface area (Å²) in [6.07, 6.45) is 0.776. The van der Waals surface area contributed by atoms with E-state index in [1.54, 1.807) is 6.07 Å². The van der Waals surface area contributed by atoms with Gasteiger partial charge in [-0.15, -0.1) is 0 Å². The van der Waals surface area contributed by atoms with E-state index in [1.165, 1.54) is 13.0 Å². The number of amides is 1. The van der Waals surface area contributed by atoms with Crippen molar-refractivity contribution in [3.05, 3.63) is 69.9 Å². The number of non-ortho nitro benzene ring substituents is 1. The Balaban J connectivity index is 1.74. The second-order valence-electron chi connectivity index (χ2n) is 6.30. The van der Waals surface area contributed by atoms with Crippen LogP contribution < -0.4 is 10.6 Å². The minimum absolute atomic E-state index is 0.00723. The van der Waals surface area contributed by atoms with Crippen molar-refractivity contribution >= 4 is 33.9 Å². The van der Waals surface area contributed by atoms with Gasteiger partial charge >= 0.3 is 0 Å². The van der Waals surface area contributed by atoms with Crippen molar-refractivity contribution in [2.75, 3.05) is 17.2 Å². The van der Waals surface area contributed by atoms with Gasteiger partial charge in [0.05, 0.1) is 4.92 Å². The summed E-state index contributed by atoms with van der Waals surface area (Å²) in [6, 6.07) is 14.5. The van der Waals surface area contributed by atoms with Crippen LogP contribution in [-0.2, 0) is 11.2 Å². The summed E-state index contributed by atoms with van der Waals surface area (Å²) in [5.41, 5.74) is 3.84. The Kier molecular flexibility index (Phi) is 5.30. The van der Waals surface area contributed by atoms with Crippen LogP contribution in [0.25, 0.3) is 10.9 Å². The Hall–Kier alpha value is -3.48. The van der Waals surface area contributed by atoms with Gasteiger partial charge in [-0.1, -0.05) is 24.3 Å². The van der Waals surface area contributed by atoms with Crippen molar-refractivity contribution in [3.8, 4) is 0 Å². The number of aryl methyl sites for hydroxylation is 1. The highest BCUT2D eigenvalue weighted by Gasteiger charge is 2.15. The van der Waals surface area contributed by atoms with E-state index in [1.807, 2.05) is 43.3 Å². The molecule has 2 aromatic carbocycles. The normalized spacial score (nSPS) is 10.6. The van der Waals surface area contributed by atoms with E-state index in [9.17, 15) is 14.9 Å². The first-order chi connectivity index (χ1) is 12.9. The highest BCUT2D eigenvalue weighted by atomic mass is 16.6. The molecule has 0 spiro atoms. The van der Waals surface area contributed by atoms with E-state index in [-0.39, 0.29) is 11.6 Å². The standard InChI is InChI=1S/C20H20N4O3/c1-13-12-18(17-4-3-5-19(24(26)27)20(17)22-13)21-11-10-15-6-8-16(9-7-15)23-14(2)25/h3-9,12H,10-11H2,1-2H3,(H,21,22)(H,23,25). The monoisotopic (exact) mass is 364 g/mol. The first-order valence-electron chi connectivity index (χ1n) is 8.59. The number of aromatic nitrogens is 1. The van der Waals surface area contributed by atoms with E-state index in [4.69, 9.17) is 0 Å². The summed E-state index contributed by atoms with van der Waals surface area (Å²) >= 11 is 0. The van der Waals surface area contributed by atoms with E-state index >= 15 is 0 Å². The number of hydrogen-bond acceptors (Lipinski definition) is 5. The summed E-state index contributed by atoms with van der Waals surface area (Å²) in [4.78, 5) is 26.2. The molecule has 138 valence electrons. The van der Waals surface area contributed by atoms with Crippen LogP contribution in [0.1, 0.15) is 18.2 Å². The van der Waals surface area contributed by atoms with E-state index < -0.39 is 4.92 Å². The van der Waals surface area contributed by atoms with Gasteiger partial charge in [-0.05, 0) is 37.1 Å². The van der Waals surface area contributed by atoms with Crippen LogP contribution >= 0.6 is 0 Å². The summed E-state index contributed by atoms with van der Waals surface area (Å²) in [6.45, 7) is 3.96. The van der Waals surface area contributed by atoms with E-state index in [0.717, 1.165) is 34.4 Å². The summed E-state index contributed by atoms with van der Waals surface area (Å²) in [7, 11) is 0. The number of benzene rings is 2. The third kappa shape index (κ3) is 4.38. The number of carbonyl (C=O) groups is 1. The number of nitro benzene ring substituents is 1. The molecule has 0 aliphatic heterocycles. The maximum Gasteiger partial charge on any atom is 0.295 e. The van der Waals surface area contributed by atoms with Crippen LogP contribution in [-0.4, -0.2) is 22.4 Å². The highest BCUT2D eigenvalue weighted by molar-refractivity contribution is 5.96.